The van der Waals surface area contributed by atoms with Gasteiger partial charge in [0.05, 0.1) is 7.11 Å². The van der Waals surface area contributed by atoms with Gasteiger partial charge in [0, 0.05) is 73.7 Å². The lowest BCUT2D eigenvalue weighted by molar-refractivity contribution is -0.119. The van der Waals surface area contributed by atoms with E-state index in [0.717, 1.165) is 92.2 Å². The van der Waals surface area contributed by atoms with Crippen LogP contribution in [-0.2, 0) is 4.79 Å². The molecule has 0 spiro atoms. The van der Waals surface area contributed by atoms with Crippen molar-refractivity contribution in [1.82, 2.24) is 24.7 Å². The molecule has 7 heteroatoms. The smallest absolute Gasteiger partial charge is 0.209 e. The van der Waals surface area contributed by atoms with Crippen LogP contribution in [0.5, 0.6) is 5.75 Å². The molecule has 0 saturated carbocycles. The molecule has 206 valence electrons. The molecule has 1 aliphatic heterocycles. The van der Waals surface area contributed by atoms with Gasteiger partial charge < -0.3 is 19.5 Å². The summed E-state index contributed by atoms with van der Waals surface area (Å²) in [7, 11) is 1.70. The maximum absolute atomic E-state index is 10.5. The highest BCUT2D eigenvalue weighted by Gasteiger charge is 2.15. The fraction of sp³-hybridized carbons (Fsp3) is 0.375. The average molecular weight is 528 g/mol. The number of nitrogens with zero attached hydrogens (tertiary/aromatic N) is 4. The van der Waals surface area contributed by atoms with Gasteiger partial charge in [-0.2, -0.15) is 0 Å². The number of aromatic nitrogens is 2. The number of pyridine rings is 1. The molecule has 5 rings (SSSR count). The first kappa shape index (κ1) is 28.3. The lowest BCUT2D eigenvalue weighted by Gasteiger charge is -2.33. The summed E-state index contributed by atoms with van der Waals surface area (Å²) < 4.78 is 5.51. The van der Waals surface area contributed by atoms with E-state index in [0.29, 0.717) is 0 Å². The number of nitrogens with one attached hydrogen (secondary N) is 1. The summed E-state index contributed by atoms with van der Waals surface area (Å²) in [5.74, 6) is 0.861. The Hall–Kier alpha value is -3.68. The van der Waals surface area contributed by atoms with E-state index in [-0.39, 0.29) is 0 Å². The summed E-state index contributed by atoms with van der Waals surface area (Å²) in [4.78, 5) is 25.1. The molecule has 1 fully saturated rings. The van der Waals surface area contributed by atoms with Crippen LogP contribution in [0.25, 0.3) is 33.3 Å². The number of rotatable bonds is 9. The number of para-hydroxylation sites is 1. The van der Waals surface area contributed by atoms with Crippen molar-refractivity contribution < 1.29 is 9.53 Å². The molecule has 0 bridgehead atoms. The number of likely N-dealkylation sites (N-methyl/N-ethyl adjacent to an activating group) is 1. The number of hydrogen-bond acceptors (Lipinski definition) is 5. The molecule has 1 amide bonds. The summed E-state index contributed by atoms with van der Waals surface area (Å²) in [5.41, 5.74) is 6.58. The van der Waals surface area contributed by atoms with Gasteiger partial charge in [-0.25, -0.2) is 4.98 Å². The Bertz CT molecular complexity index is 1340. The highest BCUT2D eigenvalue weighted by atomic mass is 16.5. The predicted molar refractivity (Wildman–Crippen MR) is 160 cm³/mol. The predicted octanol–water partition coefficient (Wildman–Crippen LogP) is 5.32. The number of amides is 1. The van der Waals surface area contributed by atoms with Crippen LogP contribution in [0, 0.1) is 6.92 Å². The molecule has 1 aliphatic rings. The Morgan fingerprint density at radius 1 is 0.974 bits per heavy atom. The minimum atomic E-state index is 0.861. The molecule has 3 heterocycles. The third-order valence-electron chi connectivity index (χ3n) is 7.46. The van der Waals surface area contributed by atoms with Crippen molar-refractivity contribution in [3.8, 4) is 28.0 Å². The van der Waals surface area contributed by atoms with Crippen LogP contribution in [0.15, 0.2) is 67.0 Å². The number of H-pyrrole nitrogens is 1. The summed E-state index contributed by atoms with van der Waals surface area (Å²) in [6.07, 6.45) is 4.87. The number of carbonyl (C=O) groups excluding carboxylic acids is 1. The topological polar surface area (TPSA) is 64.7 Å². The number of aromatic amines is 1. The van der Waals surface area contributed by atoms with Crippen LogP contribution in [0.2, 0.25) is 0 Å². The number of benzene rings is 2. The van der Waals surface area contributed by atoms with Gasteiger partial charge in [0.25, 0.3) is 0 Å². The molecule has 0 radical (unpaired) electrons. The Morgan fingerprint density at radius 3 is 2.44 bits per heavy atom. The number of ether oxygens (including phenoxy) is 1. The van der Waals surface area contributed by atoms with E-state index in [9.17, 15) is 4.79 Å². The first-order valence-corrected chi connectivity index (χ1v) is 13.9. The molecule has 1 N–H and O–H groups in total. The van der Waals surface area contributed by atoms with Crippen LogP contribution in [0.3, 0.4) is 0 Å². The molecular weight excluding hydrogens is 486 g/mol. The number of fused-ring (bicyclic) bond motifs is 1. The van der Waals surface area contributed by atoms with Crippen molar-refractivity contribution in [2.24, 2.45) is 0 Å². The van der Waals surface area contributed by atoms with E-state index in [4.69, 9.17) is 4.74 Å². The van der Waals surface area contributed by atoms with Crippen LogP contribution < -0.4 is 4.74 Å². The number of hydrogen-bond donors (Lipinski definition) is 1. The highest BCUT2D eigenvalue weighted by Crippen LogP contribution is 2.35. The normalized spacial score (nSPS) is 13.8. The van der Waals surface area contributed by atoms with Crippen molar-refractivity contribution in [3.63, 3.8) is 0 Å². The molecule has 0 aliphatic carbocycles. The maximum Gasteiger partial charge on any atom is 0.209 e. The summed E-state index contributed by atoms with van der Waals surface area (Å²) in [6.45, 7) is 14.9. The van der Waals surface area contributed by atoms with Crippen molar-refractivity contribution >= 4 is 17.4 Å². The monoisotopic (exact) mass is 527 g/mol. The van der Waals surface area contributed by atoms with E-state index in [2.05, 4.69) is 76.9 Å². The minimum Gasteiger partial charge on any atom is -0.496 e. The van der Waals surface area contributed by atoms with Gasteiger partial charge in [0.1, 0.15) is 11.4 Å². The molecule has 39 heavy (non-hydrogen) atoms. The van der Waals surface area contributed by atoms with Crippen molar-refractivity contribution in [1.29, 1.82) is 0 Å². The third-order valence-corrected chi connectivity index (χ3v) is 7.46. The molecule has 0 atom stereocenters. The molecule has 1 saturated heterocycles. The Labute approximate surface area is 232 Å². The van der Waals surface area contributed by atoms with Crippen molar-refractivity contribution in [2.45, 2.75) is 20.8 Å². The second-order valence-corrected chi connectivity index (χ2v) is 9.90. The minimum absolute atomic E-state index is 0.861. The fourth-order valence-corrected chi connectivity index (χ4v) is 4.99. The zero-order chi connectivity index (χ0) is 27.6. The van der Waals surface area contributed by atoms with Crippen LogP contribution >= 0.6 is 0 Å². The van der Waals surface area contributed by atoms with Gasteiger partial charge in [-0.3, -0.25) is 9.69 Å². The fourth-order valence-electron chi connectivity index (χ4n) is 4.99. The SMILES string of the molecule is CCN(CC)CCN1CCN(C=O)CC1.COc1ccccc1-c1c[nH]c2ncc(-c3cccc(C)c3)cc12. The molecule has 7 nitrogen and oxygen atoms in total. The van der Waals surface area contributed by atoms with E-state index in [1.165, 1.54) is 11.1 Å². The zero-order valence-corrected chi connectivity index (χ0v) is 23.7. The first-order valence-electron chi connectivity index (χ1n) is 13.9. The third kappa shape index (κ3) is 7.25. The molecule has 4 aromatic rings. The zero-order valence-electron chi connectivity index (χ0n) is 23.7. The Balaban J connectivity index is 0.000000204. The van der Waals surface area contributed by atoms with Crippen molar-refractivity contribution in [2.75, 3.05) is 59.5 Å². The van der Waals surface area contributed by atoms with Gasteiger partial charge in [-0.05, 0) is 37.7 Å². The number of piperazine rings is 1. The summed E-state index contributed by atoms with van der Waals surface area (Å²) in [5, 5.41) is 1.10. The molecule has 2 aromatic carbocycles. The maximum atomic E-state index is 10.5. The van der Waals surface area contributed by atoms with E-state index >= 15 is 0 Å². The quantitative estimate of drug-likeness (QED) is 0.299. The van der Waals surface area contributed by atoms with Crippen LogP contribution in [-0.4, -0.2) is 90.5 Å². The second-order valence-electron chi connectivity index (χ2n) is 9.90. The van der Waals surface area contributed by atoms with Gasteiger partial charge in [-0.15, -0.1) is 0 Å². The summed E-state index contributed by atoms with van der Waals surface area (Å²) >= 11 is 0. The molecule has 2 aromatic heterocycles. The number of methoxy groups -OCH3 is 1. The lowest BCUT2D eigenvalue weighted by atomic mass is 10.0. The van der Waals surface area contributed by atoms with Crippen LogP contribution in [0.4, 0.5) is 0 Å². The number of carbonyl (C=O) groups is 1. The molecule has 0 unspecified atom stereocenters. The second kappa shape index (κ2) is 13.9. The van der Waals surface area contributed by atoms with Gasteiger partial charge >= 0.3 is 0 Å². The standard InChI is InChI=1S/C21H18N2O.C11H23N3O/c1-14-6-5-7-15(10-14)16-11-18-19(13-23-21(18)22-12-16)17-8-3-4-9-20(17)24-2;1-3-12(4-2)5-6-13-7-9-14(11-15)10-8-13/h3-13H,1-2H3,(H,22,23);11H,3-10H2,1-2H3. The first-order chi connectivity index (χ1) is 19.1. The summed E-state index contributed by atoms with van der Waals surface area (Å²) in [6, 6.07) is 18.7. The largest absolute Gasteiger partial charge is 0.496 e. The number of aryl methyl sites for hydroxylation is 1. The Kier molecular flexibility index (Phi) is 10.1. The lowest BCUT2D eigenvalue weighted by Crippen LogP contribution is -2.47. The van der Waals surface area contributed by atoms with Gasteiger partial charge in [-0.1, -0.05) is 61.9 Å². The highest BCUT2D eigenvalue weighted by molar-refractivity contribution is 5.97. The molecular formula is C32H41N5O2. The van der Waals surface area contributed by atoms with E-state index in [1.54, 1.807) is 7.11 Å². The van der Waals surface area contributed by atoms with Crippen LogP contribution in [0.1, 0.15) is 19.4 Å². The van der Waals surface area contributed by atoms with Gasteiger partial charge in [0.15, 0.2) is 0 Å². The average Bonchev–Trinajstić information content (AvgIpc) is 3.41. The van der Waals surface area contributed by atoms with E-state index in [1.807, 2.05) is 35.5 Å². The Morgan fingerprint density at radius 2 is 1.74 bits per heavy atom. The van der Waals surface area contributed by atoms with E-state index < -0.39 is 0 Å². The van der Waals surface area contributed by atoms with Crippen molar-refractivity contribution in [3.05, 3.63) is 72.6 Å². The van der Waals surface area contributed by atoms with Gasteiger partial charge in [0.2, 0.25) is 6.41 Å².